The van der Waals surface area contributed by atoms with Crippen LogP contribution in [-0.2, 0) is 14.3 Å². The van der Waals surface area contributed by atoms with Gasteiger partial charge in [0.05, 0.1) is 0 Å². The fourth-order valence-corrected chi connectivity index (χ4v) is 3.46. The number of thiol groups is 1. The molecule has 182 valence electrons. The van der Waals surface area contributed by atoms with E-state index in [-0.39, 0.29) is 17.7 Å². The topological polar surface area (TPSA) is 87.7 Å². The molecule has 1 aromatic carbocycles. The Balaban J connectivity index is 3.49. The van der Waals surface area contributed by atoms with Gasteiger partial charge in [-0.3, -0.25) is 9.59 Å². The third kappa shape index (κ3) is 8.65. The van der Waals surface area contributed by atoms with Crippen molar-refractivity contribution in [3.05, 3.63) is 35.4 Å². The molecule has 0 bridgehead atoms. The van der Waals surface area contributed by atoms with Crippen LogP contribution in [0.15, 0.2) is 24.3 Å². The predicted molar refractivity (Wildman–Crippen MR) is 134 cm³/mol. The van der Waals surface area contributed by atoms with Gasteiger partial charge in [0.2, 0.25) is 11.8 Å². The van der Waals surface area contributed by atoms with Crippen molar-refractivity contribution in [2.75, 3.05) is 5.75 Å². The second-order valence-corrected chi connectivity index (χ2v) is 10.5. The minimum atomic E-state index is -1.01. The highest BCUT2D eigenvalue weighted by molar-refractivity contribution is 7.80. The number of nitrogens with one attached hydrogen (secondary N) is 2. The summed E-state index contributed by atoms with van der Waals surface area (Å²) in [5, 5.41) is 5.54. The molecule has 0 fully saturated rings. The molecule has 0 radical (unpaired) electrons. The van der Waals surface area contributed by atoms with Gasteiger partial charge < -0.3 is 20.3 Å². The van der Waals surface area contributed by atoms with Gasteiger partial charge in [-0.1, -0.05) is 24.1 Å². The van der Waals surface area contributed by atoms with Crippen LogP contribution in [0.4, 0.5) is 4.79 Å². The molecule has 2 N–H and O–H groups in total. The molecule has 0 aliphatic heterocycles. The number of ether oxygens (including phenoxy) is 1. The first-order valence-electron chi connectivity index (χ1n) is 10.9. The minimum Gasteiger partial charge on any atom is -0.444 e. The highest BCUT2D eigenvalue weighted by atomic mass is 32.1. The molecule has 7 nitrogen and oxygen atoms in total. The van der Waals surface area contributed by atoms with Crippen LogP contribution in [0.5, 0.6) is 0 Å². The van der Waals surface area contributed by atoms with E-state index in [1.54, 1.807) is 58.9 Å². The van der Waals surface area contributed by atoms with Crippen LogP contribution in [0.25, 0.3) is 0 Å². The van der Waals surface area contributed by atoms with E-state index >= 15 is 0 Å². The standard InChI is InChI=1S/C25H37N3O4S/c1-10-17-13-11-12-14-18(17)20(21(29)27-24(4,5)6)28(16(2)3)22(30)19(15-33)26-23(31)32-25(7,8)9/h1,11-14,16,19-20,33H,15H2,2-9H3,(H,26,31)(H,27,29). The van der Waals surface area contributed by atoms with E-state index in [0.29, 0.717) is 11.1 Å². The van der Waals surface area contributed by atoms with Crippen LogP contribution < -0.4 is 10.6 Å². The van der Waals surface area contributed by atoms with Crippen molar-refractivity contribution in [2.24, 2.45) is 0 Å². The van der Waals surface area contributed by atoms with Crippen molar-refractivity contribution in [3.63, 3.8) is 0 Å². The highest BCUT2D eigenvalue weighted by Gasteiger charge is 2.39. The fraction of sp³-hybridized carbons (Fsp3) is 0.560. The highest BCUT2D eigenvalue weighted by Crippen LogP contribution is 2.28. The molecule has 0 aliphatic carbocycles. The van der Waals surface area contributed by atoms with Crippen molar-refractivity contribution in [1.29, 1.82) is 0 Å². The first kappa shape index (κ1) is 28.4. The lowest BCUT2D eigenvalue weighted by Crippen LogP contribution is -2.57. The van der Waals surface area contributed by atoms with E-state index in [2.05, 4.69) is 29.2 Å². The van der Waals surface area contributed by atoms with Crippen molar-refractivity contribution in [1.82, 2.24) is 15.5 Å². The van der Waals surface area contributed by atoms with Gasteiger partial charge in [-0.15, -0.1) is 6.42 Å². The Bertz CT molecular complexity index is 894. The molecule has 3 amide bonds. The van der Waals surface area contributed by atoms with Crippen molar-refractivity contribution >= 4 is 30.5 Å². The zero-order chi connectivity index (χ0) is 25.6. The Morgan fingerprint density at radius 1 is 1.12 bits per heavy atom. The van der Waals surface area contributed by atoms with Gasteiger partial charge in [0, 0.05) is 22.9 Å². The summed E-state index contributed by atoms with van der Waals surface area (Å²) in [5.74, 6) is 1.79. The molecule has 0 aromatic heterocycles. The number of terminal acetylenes is 1. The van der Waals surface area contributed by atoms with Crippen LogP contribution in [-0.4, -0.2) is 51.8 Å². The number of benzene rings is 1. The largest absolute Gasteiger partial charge is 0.444 e. The van der Waals surface area contributed by atoms with E-state index in [4.69, 9.17) is 11.2 Å². The quantitative estimate of drug-likeness (QED) is 0.415. The molecular weight excluding hydrogens is 438 g/mol. The Hall–Kier alpha value is -2.66. The summed E-state index contributed by atoms with van der Waals surface area (Å²) >= 11 is 4.27. The van der Waals surface area contributed by atoms with E-state index in [0.717, 1.165) is 0 Å². The molecule has 0 saturated heterocycles. The maximum absolute atomic E-state index is 13.7. The minimum absolute atomic E-state index is 0.0195. The third-order valence-electron chi connectivity index (χ3n) is 4.42. The van der Waals surface area contributed by atoms with Crippen molar-refractivity contribution in [2.45, 2.75) is 84.7 Å². The lowest BCUT2D eigenvalue weighted by molar-refractivity contribution is -0.144. The van der Waals surface area contributed by atoms with Gasteiger partial charge in [0.1, 0.15) is 17.7 Å². The number of hydrogen-bond donors (Lipinski definition) is 3. The molecule has 0 aliphatic rings. The Labute approximate surface area is 203 Å². The maximum Gasteiger partial charge on any atom is 0.408 e. The van der Waals surface area contributed by atoms with Crippen LogP contribution in [0.3, 0.4) is 0 Å². The summed E-state index contributed by atoms with van der Waals surface area (Å²) in [6.45, 7) is 14.4. The first-order valence-corrected chi connectivity index (χ1v) is 11.5. The third-order valence-corrected chi connectivity index (χ3v) is 4.78. The van der Waals surface area contributed by atoms with E-state index < -0.39 is 35.2 Å². The average molecular weight is 476 g/mol. The van der Waals surface area contributed by atoms with Crippen LogP contribution in [0.1, 0.15) is 72.6 Å². The second kappa shape index (κ2) is 11.5. The smallest absolute Gasteiger partial charge is 0.408 e. The molecule has 2 atom stereocenters. The second-order valence-electron chi connectivity index (χ2n) is 10.1. The average Bonchev–Trinajstić information content (AvgIpc) is 2.66. The molecular formula is C25H37N3O4S. The zero-order valence-corrected chi connectivity index (χ0v) is 21.7. The molecule has 2 unspecified atom stereocenters. The number of carbonyl (C=O) groups is 3. The van der Waals surface area contributed by atoms with Gasteiger partial charge in [-0.2, -0.15) is 12.6 Å². The molecule has 0 saturated carbocycles. The summed E-state index contributed by atoms with van der Waals surface area (Å²) in [6.07, 6.45) is 4.97. The van der Waals surface area contributed by atoms with Gasteiger partial charge in [-0.25, -0.2) is 4.79 Å². The van der Waals surface area contributed by atoms with Crippen LogP contribution in [0.2, 0.25) is 0 Å². The number of alkyl carbamates (subject to hydrolysis) is 1. The summed E-state index contributed by atoms with van der Waals surface area (Å²) in [7, 11) is 0. The first-order chi connectivity index (χ1) is 15.1. The Morgan fingerprint density at radius 3 is 2.15 bits per heavy atom. The van der Waals surface area contributed by atoms with Crippen molar-refractivity contribution in [3.8, 4) is 12.3 Å². The number of carbonyl (C=O) groups excluding carboxylic acids is 3. The van der Waals surface area contributed by atoms with E-state index in [1.807, 2.05) is 20.8 Å². The molecule has 0 spiro atoms. The maximum atomic E-state index is 13.7. The van der Waals surface area contributed by atoms with Gasteiger partial charge in [-0.05, 0) is 67.0 Å². The summed E-state index contributed by atoms with van der Waals surface area (Å²) < 4.78 is 5.29. The van der Waals surface area contributed by atoms with Gasteiger partial charge in [0.15, 0.2) is 0 Å². The van der Waals surface area contributed by atoms with E-state index in [9.17, 15) is 14.4 Å². The lowest BCUT2D eigenvalue weighted by atomic mass is 9.95. The molecule has 0 heterocycles. The normalized spacial score (nSPS) is 13.5. The number of nitrogens with zero attached hydrogens (tertiary/aromatic N) is 1. The molecule has 1 aromatic rings. The molecule has 8 heteroatoms. The summed E-state index contributed by atoms with van der Waals surface area (Å²) in [5.41, 5.74) is -0.233. The Morgan fingerprint density at radius 2 is 1.70 bits per heavy atom. The van der Waals surface area contributed by atoms with Gasteiger partial charge >= 0.3 is 6.09 Å². The Kier molecular flexibility index (Phi) is 9.86. The zero-order valence-electron chi connectivity index (χ0n) is 20.9. The van der Waals surface area contributed by atoms with E-state index in [1.165, 1.54) is 4.90 Å². The predicted octanol–water partition coefficient (Wildman–Crippen LogP) is 3.68. The number of hydrogen-bond acceptors (Lipinski definition) is 5. The summed E-state index contributed by atoms with van der Waals surface area (Å²) in [6, 6.07) is 4.61. The fourth-order valence-electron chi connectivity index (χ4n) is 3.22. The van der Waals surface area contributed by atoms with Crippen molar-refractivity contribution < 1.29 is 19.1 Å². The van der Waals surface area contributed by atoms with Gasteiger partial charge in [0.25, 0.3) is 0 Å². The monoisotopic (exact) mass is 475 g/mol. The van der Waals surface area contributed by atoms with Crippen LogP contribution in [0, 0.1) is 12.3 Å². The lowest BCUT2D eigenvalue weighted by Gasteiger charge is -2.38. The SMILES string of the molecule is C#Cc1ccccc1C(C(=O)NC(C)(C)C)N(C(=O)C(CS)NC(=O)OC(C)(C)C)C(C)C. The molecule has 1 rings (SSSR count). The number of rotatable bonds is 7. The molecule has 33 heavy (non-hydrogen) atoms. The number of amides is 3. The van der Waals surface area contributed by atoms with Crippen LogP contribution >= 0.6 is 12.6 Å². The summed E-state index contributed by atoms with van der Waals surface area (Å²) in [4.78, 5) is 41.0.